The third-order valence-electron chi connectivity index (χ3n) is 4.43. The monoisotopic (exact) mass is 328 g/mol. The molecule has 1 aromatic carbocycles. The van der Waals surface area contributed by atoms with Crippen LogP contribution in [0.3, 0.4) is 0 Å². The van der Waals surface area contributed by atoms with Crippen LogP contribution < -0.4 is 16.2 Å². The van der Waals surface area contributed by atoms with Crippen LogP contribution in [0, 0.1) is 5.92 Å². The molecule has 2 aromatic rings. The van der Waals surface area contributed by atoms with Gasteiger partial charge in [-0.1, -0.05) is 18.6 Å². The zero-order valence-electron chi connectivity index (χ0n) is 14.1. The van der Waals surface area contributed by atoms with Gasteiger partial charge in [-0.15, -0.1) is 0 Å². The number of H-pyrrole nitrogens is 1. The van der Waals surface area contributed by atoms with E-state index < -0.39 is 0 Å². The fourth-order valence-corrected chi connectivity index (χ4v) is 3.31. The molecule has 24 heavy (non-hydrogen) atoms. The average molecular weight is 328 g/mol. The molecule has 0 unspecified atom stereocenters. The third kappa shape index (κ3) is 3.75. The Hall–Kier alpha value is -2.37. The lowest BCUT2D eigenvalue weighted by atomic mass is 9.85. The van der Waals surface area contributed by atoms with E-state index in [9.17, 15) is 9.59 Å². The van der Waals surface area contributed by atoms with Crippen molar-refractivity contribution in [2.45, 2.75) is 51.6 Å². The summed E-state index contributed by atoms with van der Waals surface area (Å²) in [5, 5.41) is 6.88. The molecule has 6 heteroatoms. The topological polar surface area (TPSA) is 86.9 Å². The summed E-state index contributed by atoms with van der Waals surface area (Å²) in [5.41, 5.74) is 0.529. The Bertz CT molecular complexity index is 784. The maximum absolute atomic E-state index is 12.2. The standard InChI is InChI=1S/C18H24N4O2/c1-11(2)19-16(23)12-6-5-7-13(10-12)20-18-21-15-9-4-3-8-14(15)17(24)22-18/h3-4,8-9,11-13H,5-7,10H2,1-2H3,(H,19,23)(H2,20,21,22,24)/t12-,13+/m0/s1. The molecule has 3 rings (SSSR count). The number of hydrogen-bond donors (Lipinski definition) is 3. The number of aromatic amines is 1. The maximum atomic E-state index is 12.2. The van der Waals surface area contributed by atoms with Gasteiger partial charge in [0.2, 0.25) is 11.9 Å². The van der Waals surface area contributed by atoms with E-state index in [4.69, 9.17) is 0 Å². The summed E-state index contributed by atoms with van der Waals surface area (Å²) in [4.78, 5) is 31.6. The molecule has 0 saturated heterocycles. The van der Waals surface area contributed by atoms with E-state index >= 15 is 0 Å². The fraction of sp³-hybridized carbons (Fsp3) is 0.500. The van der Waals surface area contributed by atoms with Gasteiger partial charge in [-0.3, -0.25) is 14.6 Å². The van der Waals surface area contributed by atoms with Gasteiger partial charge >= 0.3 is 0 Å². The highest BCUT2D eigenvalue weighted by Gasteiger charge is 2.27. The van der Waals surface area contributed by atoms with Gasteiger partial charge in [0.05, 0.1) is 10.9 Å². The van der Waals surface area contributed by atoms with Crippen LogP contribution in [0.5, 0.6) is 0 Å². The summed E-state index contributed by atoms with van der Waals surface area (Å²) in [5.74, 6) is 0.621. The van der Waals surface area contributed by atoms with E-state index in [1.807, 2.05) is 32.0 Å². The number of amides is 1. The van der Waals surface area contributed by atoms with Crippen LogP contribution >= 0.6 is 0 Å². The molecule has 1 aromatic heterocycles. The Balaban J connectivity index is 1.71. The smallest absolute Gasteiger partial charge is 0.260 e. The first-order valence-electron chi connectivity index (χ1n) is 8.59. The van der Waals surface area contributed by atoms with E-state index in [0.717, 1.165) is 25.7 Å². The number of carbonyl (C=O) groups is 1. The molecular formula is C18H24N4O2. The summed E-state index contributed by atoms with van der Waals surface area (Å²) in [6.45, 7) is 3.94. The zero-order valence-corrected chi connectivity index (χ0v) is 14.1. The number of hydrogen-bond acceptors (Lipinski definition) is 4. The van der Waals surface area contributed by atoms with Crippen molar-refractivity contribution in [1.82, 2.24) is 15.3 Å². The minimum absolute atomic E-state index is 0.0193. The number of nitrogens with one attached hydrogen (secondary N) is 3. The first-order valence-corrected chi connectivity index (χ1v) is 8.59. The van der Waals surface area contributed by atoms with E-state index in [-0.39, 0.29) is 29.5 Å². The Morgan fingerprint density at radius 2 is 2.08 bits per heavy atom. The molecule has 1 aliphatic rings. The van der Waals surface area contributed by atoms with Gasteiger partial charge in [-0.05, 0) is 45.2 Å². The second-order valence-electron chi connectivity index (χ2n) is 6.80. The lowest BCUT2D eigenvalue weighted by Gasteiger charge is -2.29. The average Bonchev–Trinajstić information content (AvgIpc) is 2.54. The Kier molecular flexibility index (Phi) is 4.83. The highest BCUT2D eigenvalue weighted by molar-refractivity contribution is 5.79. The molecule has 128 valence electrons. The van der Waals surface area contributed by atoms with Crippen molar-refractivity contribution in [2.75, 3.05) is 5.32 Å². The summed E-state index contributed by atoms with van der Waals surface area (Å²) in [6, 6.07) is 7.58. The van der Waals surface area contributed by atoms with Crippen LogP contribution in [0.2, 0.25) is 0 Å². The SMILES string of the molecule is CC(C)NC(=O)[C@H]1CCC[C@@H](Nc2nc3ccccc3c(=O)[nH]2)C1. The minimum Gasteiger partial charge on any atom is -0.354 e. The molecule has 1 fully saturated rings. The fourth-order valence-electron chi connectivity index (χ4n) is 3.31. The summed E-state index contributed by atoms with van der Waals surface area (Å²) in [6.07, 6.45) is 3.64. The molecule has 1 heterocycles. The molecule has 2 atom stereocenters. The van der Waals surface area contributed by atoms with Gasteiger partial charge in [-0.2, -0.15) is 0 Å². The molecule has 0 aliphatic heterocycles. The Morgan fingerprint density at radius 1 is 1.29 bits per heavy atom. The first kappa shape index (κ1) is 16.5. The molecule has 0 radical (unpaired) electrons. The Labute approximate surface area is 141 Å². The van der Waals surface area contributed by atoms with Gasteiger partial charge in [0.15, 0.2) is 0 Å². The molecule has 1 aliphatic carbocycles. The number of nitrogens with zero attached hydrogens (tertiary/aromatic N) is 1. The van der Waals surface area contributed by atoms with E-state index in [0.29, 0.717) is 16.9 Å². The van der Waals surface area contributed by atoms with Crippen molar-refractivity contribution in [3.8, 4) is 0 Å². The van der Waals surface area contributed by atoms with Crippen molar-refractivity contribution in [3.63, 3.8) is 0 Å². The normalized spacial score (nSPS) is 21.0. The molecule has 0 bridgehead atoms. The van der Waals surface area contributed by atoms with Crippen molar-refractivity contribution in [2.24, 2.45) is 5.92 Å². The van der Waals surface area contributed by atoms with Crippen LogP contribution in [-0.4, -0.2) is 28.0 Å². The quantitative estimate of drug-likeness (QED) is 0.804. The largest absolute Gasteiger partial charge is 0.354 e. The number of carbonyl (C=O) groups excluding carboxylic acids is 1. The first-order chi connectivity index (χ1) is 11.5. The van der Waals surface area contributed by atoms with Gasteiger partial charge in [-0.25, -0.2) is 4.98 Å². The summed E-state index contributed by atoms with van der Waals surface area (Å²) in [7, 11) is 0. The van der Waals surface area contributed by atoms with Gasteiger partial charge in [0.25, 0.3) is 5.56 Å². The van der Waals surface area contributed by atoms with E-state index in [2.05, 4.69) is 20.6 Å². The second-order valence-corrected chi connectivity index (χ2v) is 6.80. The molecule has 1 saturated carbocycles. The summed E-state index contributed by atoms with van der Waals surface area (Å²) >= 11 is 0. The number of benzene rings is 1. The van der Waals surface area contributed by atoms with E-state index in [1.165, 1.54) is 0 Å². The Morgan fingerprint density at radius 3 is 2.88 bits per heavy atom. The van der Waals surface area contributed by atoms with Crippen molar-refractivity contribution >= 4 is 22.8 Å². The number of para-hydroxylation sites is 1. The molecule has 1 amide bonds. The summed E-state index contributed by atoms with van der Waals surface area (Å²) < 4.78 is 0. The van der Waals surface area contributed by atoms with Crippen LogP contribution in [0.4, 0.5) is 5.95 Å². The van der Waals surface area contributed by atoms with Crippen LogP contribution in [0.15, 0.2) is 29.1 Å². The highest BCUT2D eigenvalue weighted by Crippen LogP contribution is 2.26. The molecular weight excluding hydrogens is 304 g/mol. The molecule has 0 spiro atoms. The number of anilines is 1. The van der Waals surface area contributed by atoms with Gasteiger partial charge in [0.1, 0.15) is 0 Å². The van der Waals surface area contributed by atoms with Crippen molar-refractivity contribution in [1.29, 1.82) is 0 Å². The molecule has 6 nitrogen and oxygen atoms in total. The lowest BCUT2D eigenvalue weighted by molar-refractivity contribution is -0.126. The predicted octanol–water partition coefficient (Wildman–Crippen LogP) is 2.42. The zero-order chi connectivity index (χ0) is 17.1. The third-order valence-corrected chi connectivity index (χ3v) is 4.43. The van der Waals surface area contributed by atoms with Crippen LogP contribution in [0.25, 0.3) is 10.9 Å². The highest BCUT2D eigenvalue weighted by atomic mass is 16.2. The molecule has 3 N–H and O–H groups in total. The number of rotatable bonds is 4. The predicted molar refractivity (Wildman–Crippen MR) is 95.0 cm³/mol. The number of aromatic nitrogens is 2. The maximum Gasteiger partial charge on any atom is 0.260 e. The van der Waals surface area contributed by atoms with Crippen molar-refractivity contribution in [3.05, 3.63) is 34.6 Å². The minimum atomic E-state index is -0.145. The van der Waals surface area contributed by atoms with Gasteiger partial charge < -0.3 is 10.6 Å². The van der Waals surface area contributed by atoms with Crippen LogP contribution in [-0.2, 0) is 4.79 Å². The van der Waals surface area contributed by atoms with Crippen molar-refractivity contribution < 1.29 is 4.79 Å². The second kappa shape index (κ2) is 7.03. The van der Waals surface area contributed by atoms with Gasteiger partial charge in [0, 0.05) is 18.0 Å². The van der Waals surface area contributed by atoms with E-state index in [1.54, 1.807) is 6.07 Å². The van der Waals surface area contributed by atoms with Crippen LogP contribution in [0.1, 0.15) is 39.5 Å². The number of fused-ring (bicyclic) bond motifs is 1. The lowest BCUT2D eigenvalue weighted by Crippen LogP contribution is -2.40.